The highest BCUT2D eigenvalue weighted by atomic mass is 79.9. The zero-order valence-electron chi connectivity index (χ0n) is 11.6. The number of amides is 1. The number of halogens is 2. The highest BCUT2D eigenvalue weighted by molar-refractivity contribution is 9.10. The van der Waals surface area contributed by atoms with Gasteiger partial charge in [-0.1, -0.05) is 0 Å². The van der Waals surface area contributed by atoms with Gasteiger partial charge >= 0.3 is 0 Å². The van der Waals surface area contributed by atoms with Gasteiger partial charge in [-0.2, -0.15) is 0 Å². The van der Waals surface area contributed by atoms with Crippen molar-refractivity contribution in [3.05, 3.63) is 52.4 Å². The number of ether oxygens (including phenoxy) is 1. The maximum Gasteiger partial charge on any atom is 0.256 e. The monoisotopic (exact) mass is 368 g/mol. The van der Waals surface area contributed by atoms with E-state index in [1.807, 2.05) is 0 Å². The molecule has 0 aliphatic heterocycles. The second-order valence-corrected chi connectivity index (χ2v) is 5.22. The minimum absolute atomic E-state index is 0.000791. The summed E-state index contributed by atoms with van der Waals surface area (Å²) < 4.78 is 19.1. The predicted molar refractivity (Wildman–Crippen MR) is 82.4 cm³/mol. The molecule has 2 N–H and O–H groups in total. The molecule has 0 saturated carbocycles. The van der Waals surface area contributed by atoms with Crippen LogP contribution in [0.2, 0.25) is 0 Å². The van der Waals surface area contributed by atoms with E-state index in [2.05, 4.69) is 26.2 Å². The molecule has 0 radical (unpaired) electrons. The van der Waals surface area contributed by atoms with E-state index >= 15 is 0 Å². The Morgan fingerprint density at radius 3 is 2.95 bits per heavy atom. The first-order valence-electron chi connectivity index (χ1n) is 6.59. The van der Waals surface area contributed by atoms with E-state index in [-0.39, 0.29) is 24.0 Å². The Morgan fingerprint density at radius 2 is 2.23 bits per heavy atom. The maximum atomic E-state index is 13.1. The number of aromatic nitrogens is 1. The summed E-state index contributed by atoms with van der Waals surface area (Å²) in [5.41, 5.74) is 0.261. The van der Waals surface area contributed by atoms with E-state index in [4.69, 9.17) is 9.84 Å². The Morgan fingerprint density at radius 1 is 1.41 bits per heavy atom. The summed E-state index contributed by atoms with van der Waals surface area (Å²) in [5.74, 6) is -0.280. The van der Waals surface area contributed by atoms with Gasteiger partial charge in [0, 0.05) is 19.3 Å². The molecule has 0 aliphatic rings. The fraction of sp³-hybridized carbons (Fsp3) is 0.200. The summed E-state index contributed by atoms with van der Waals surface area (Å²) in [5, 5.41) is 11.4. The van der Waals surface area contributed by atoms with Crippen molar-refractivity contribution in [1.29, 1.82) is 0 Å². The lowest BCUT2D eigenvalue weighted by Crippen LogP contribution is -2.25. The van der Waals surface area contributed by atoms with Crippen molar-refractivity contribution in [2.24, 2.45) is 0 Å². The standard InChI is InChI=1S/C15H14BrFN2O3/c16-12-9-10(17)4-5-13(12)22-15-11(3-1-6-19-15)14(21)18-7-2-8-20/h1,3-6,9,20H,2,7-8H2,(H,18,21). The van der Waals surface area contributed by atoms with Gasteiger partial charge in [0.1, 0.15) is 17.1 Å². The molecular weight excluding hydrogens is 355 g/mol. The number of carbonyl (C=O) groups excluding carboxylic acids is 1. The average molecular weight is 369 g/mol. The molecule has 1 heterocycles. The molecular formula is C15H14BrFN2O3. The number of carbonyl (C=O) groups is 1. The third kappa shape index (κ3) is 4.25. The van der Waals surface area contributed by atoms with Crippen LogP contribution in [0, 0.1) is 5.82 Å². The molecule has 1 aromatic heterocycles. The normalized spacial score (nSPS) is 10.3. The topological polar surface area (TPSA) is 71.5 Å². The Balaban J connectivity index is 2.19. The summed E-state index contributed by atoms with van der Waals surface area (Å²) in [6, 6.07) is 7.16. The zero-order chi connectivity index (χ0) is 15.9. The zero-order valence-corrected chi connectivity index (χ0v) is 13.1. The summed E-state index contributed by atoms with van der Waals surface area (Å²) in [7, 11) is 0. The van der Waals surface area contributed by atoms with Crippen LogP contribution in [0.4, 0.5) is 4.39 Å². The van der Waals surface area contributed by atoms with Crippen molar-refractivity contribution in [3.63, 3.8) is 0 Å². The van der Waals surface area contributed by atoms with Crippen LogP contribution < -0.4 is 10.1 Å². The summed E-state index contributed by atoms with van der Waals surface area (Å²) in [6.07, 6.45) is 1.96. The SMILES string of the molecule is O=C(NCCCO)c1cccnc1Oc1ccc(F)cc1Br. The third-order valence-electron chi connectivity index (χ3n) is 2.74. The van der Waals surface area contributed by atoms with Crippen molar-refractivity contribution in [2.75, 3.05) is 13.2 Å². The second-order valence-electron chi connectivity index (χ2n) is 4.37. The number of nitrogens with one attached hydrogen (secondary N) is 1. The van der Waals surface area contributed by atoms with E-state index in [1.165, 1.54) is 24.4 Å². The Kier molecular flexibility index (Phi) is 5.85. The van der Waals surface area contributed by atoms with Gasteiger partial charge in [0.15, 0.2) is 0 Å². The lowest BCUT2D eigenvalue weighted by atomic mass is 10.2. The lowest BCUT2D eigenvalue weighted by molar-refractivity contribution is 0.0948. The molecule has 0 unspecified atom stereocenters. The minimum atomic E-state index is -0.401. The minimum Gasteiger partial charge on any atom is -0.437 e. The van der Waals surface area contributed by atoms with E-state index < -0.39 is 5.82 Å². The van der Waals surface area contributed by atoms with Gasteiger partial charge in [0.25, 0.3) is 5.91 Å². The maximum absolute atomic E-state index is 13.1. The van der Waals surface area contributed by atoms with E-state index in [1.54, 1.807) is 12.1 Å². The molecule has 116 valence electrons. The molecule has 0 spiro atoms. The fourth-order valence-corrected chi connectivity index (χ4v) is 2.12. The van der Waals surface area contributed by atoms with Crippen molar-refractivity contribution in [2.45, 2.75) is 6.42 Å². The quantitative estimate of drug-likeness (QED) is 0.769. The molecule has 0 atom stereocenters. The molecule has 5 nitrogen and oxygen atoms in total. The first kappa shape index (κ1) is 16.4. The van der Waals surface area contributed by atoms with Crippen LogP contribution >= 0.6 is 15.9 Å². The van der Waals surface area contributed by atoms with Crippen LogP contribution in [0.1, 0.15) is 16.8 Å². The Bertz CT molecular complexity index is 667. The predicted octanol–water partition coefficient (Wildman–Crippen LogP) is 2.89. The van der Waals surface area contributed by atoms with E-state index in [9.17, 15) is 9.18 Å². The number of rotatable bonds is 6. The van der Waals surface area contributed by atoms with Crippen LogP contribution in [-0.4, -0.2) is 29.1 Å². The molecule has 0 aliphatic carbocycles. The Hall–Kier alpha value is -1.99. The van der Waals surface area contributed by atoms with Gasteiger partial charge in [-0.25, -0.2) is 9.37 Å². The van der Waals surface area contributed by atoms with Gasteiger partial charge in [0.05, 0.1) is 4.47 Å². The van der Waals surface area contributed by atoms with Crippen LogP contribution in [0.3, 0.4) is 0 Å². The van der Waals surface area contributed by atoms with Crippen LogP contribution in [0.25, 0.3) is 0 Å². The van der Waals surface area contributed by atoms with Gasteiger partial charge in [-0.15, -0.1) is 0 Å². The van der Waals surface area contributed by atoms with Crippen molar-refractivity contribution in [3.8, 4) is 11.6 Å². The number of aliphatic hydroxyl groups excluding tert-OH is 1. The number of aliphatic hydroxyl groups is 1. The van der Waals surface area contributed by atoms with Crippen molar-refractivity contribution in [1.82, 2.24) is 10.3 Å². The first-order chi connectivity index (χ1) is 10.6. The molecule has 0 fully saturated rings. The van der Waals surface area contributed by atoms with E-state index in [0.717, 1.165) is 0 Å². The first-order valence-corrected chi connectivity index (χ1v) is 7.38. The summed E-state index contributed by atoms with van der Waals surface area (Å²) >= 11 is 3.20. The van der Waals surface area contributed by atoms with Crippen LogP contribution in [-0.2, 0) is 0 Å². The van der Waals surface area contributed by atoms with Gasteiger partial charge < -0.3 is 15.2 Å². The average Bonchev–Trinajstić information content (AvgIpc) is 2.51. The highest BCUT2D eigenvalue weighted by Crippen LogP contribution is 2.30. The fourth-order valence-electron chi connectivity index (χ4n) is 1.68. The number of nitrogens with zero attached hydrogens (tertiary/aromatic N) is 1. The van der Waals surface area contributed by atoms with Crippen LogP contribution in [0.5, 0.6) is 11.6 Å². The van der Waals surface area contributed by atoms with Crippen molar-refractivity contribution < 1.29 is 19.0 Å². The largest absolute Gasteiger partial charge is 0.437 e. The molecule has 0 bridgehead atoms. The second kappa shape index (κ2) is 7.86. The molecule has 1 amide bonds. The molecule has 7 heteroatoms. The van der Waals surface area contributed by atoms with Gasteiger partial charge in [0.2, 0.25) is 5.88 Å². The van der Waals surface area contributed by atoms with Crippen molar-refractivity contribution >= 4 is 21.8 Å². The molecule has 1 aromatic carbocycles. The number of hydrogen-bond acceptors (Lipinski definition) is 4. The number of pyridine rings is 1. The number of benzene rings is 1. The molecule has 22 heavy (non-hydrogen) atoms. The molecule has 2 aromatic rings. The Labute approximate surface area is 135 Å². The molecule has 2 rings (SSSR count). The lowest BCUT2D eigenvalue weighted by Gasteiger charge is -2.11. The summed E-state index contributed by atoms with van der Waals surface area (Å²) in [4.78, 5) is 16.1. The van der Waals surface area contributed by atoms with E-state index in [0.29, 0.717) is 23.2 Å². The third-order valence-corrected chi connectivity index (χ3v) is 3.36. The van der Waals surface area contributed by atoms with Gasteiger partial charge in [-0.05, 0) is 52.7 Å². The molecule has 0 saturated heterocycles. The smallest absolute Gasteiger partial charge is 0.256 e. The highest BCUT2D eigenvalue weighted by Gasteiger charge is 2.15. The van der Waals surface area contributed by atoms with Gasteiger partial charge in [-0.3, -0.25) is 4.79 Å². The number of hydrogen-bond donors (Lipinski definition) is 2. The summed E-state index contributed by atoms with van der Waals surface area (Å²) in [6.45, 7) is 0.350. The van der Waals surface area contributed by atoms with Crippen LogP contribution in [0.15, 0.2) is 41.0 Å².